The Morgan fingerprint density at radius 3 is 2.81 bits per heavy atom. The van der Waals surface area contributed by atoms with Crippen LogP contribution in [-0.2, 0) is 11.2 Å². The van der Waals surface area contributed by atoms with E-state index in [0.717, 1.165) is 24.3 Å². The quantitative estimate of drug-likeness (QED) is 0.336. The van der Waals surface area contributed by atoms with Crippen molar-refractivity contribution >= 4 is 23.1 Å². The minimum atomic E-state index is -0.867. The predicted octanol–water partition coefficient (Wildman–Crippen LogP) is 2.19. The summed E-state index contributed by atoms with van der Waals surface area (Å²) >= 11 is 1.60. The van der Waals surface area contributed by atoms with Gasteiger partial charge < -0.3 is 16.3 Å². The molecule has 116 valence electrons. The largest absolute Gasteiger partial charge is 0.409 e. The average Bonchev–Trinajstić information content (AvgIpc) is 3.15. The molecule has 1 aliphatic rings. The summed E-state index contributed by atoms with van der Waals surface area (Å²) < 4.78 is 0. The lowest BCUT2D eigenvalue weighted by atomic mass is 9.83. The second kappa shape index (κ2) is 6.43. The second-order valence-electron chi connectivity index (χ2n) is 5.49. The fraction of sp³-hybridized carbons (Fsp3) is 0.643. The molecule has 0 bridgehead atoms. The van der Waals surface area contributed by atoms with Crippen LogP contribution in [0.15, 0.2) is 11.4 Å². The first kappa shape index (κ1) is 15.8. The van der Waals surface area contributed by atoms with Crippen molar-refractivity contribution in [2.75, 3.05) is 0 Å². The molecule has 1 aromatic heterocycles. The maximum Gasteiger partial charge on any atom is 0.234 e. The number of nitrogens with two attached hydrogens (primary N) is 1. The molecule has 0 radical (unpaired) electrons. The van der Waals surface area contributed by atoms with E-state index in [1.54, 1.807) is 11.3 Å². The van der Waals surface area contributed by atoms with Crippen LogP contribution in [0.5, 0.6) is 0 Å². The zero-order valence-electron chi connectivity index (χ0n) is 12.4. The van der Waals surface area contributed by atoms with Crippen molar-refractivity contribution in [3.8, 4) is 0 Å². The molecule has 0 spiro atoms. The highest BCUT2D eigenvalue weighted by Gasteiger charge is 2.45. The Balaban J connectivity index is 2.12. The molecule has 7 heteroatoms. The molecule has 1 fully saturated rings. The Kier molecular flexibility index (Phi) is 4.82. The lowest BCUT2D eigenvalue weighted by Crippen LogP contribution is -2.48. The smallest absolute Gasteiger partial charge is 0.234 e. The first-order valence-corrected chi connectivity index (χ1v) is 8.08. The number of aryl methyl sites for hydroxylation is 1. The molecule has 1 saturated carbocycles. The number of carbonyl (C=O) groups is 1. The van der Waals surface area contributed by atoms with Crippen molar-refractivity contribution in [3.63, 3.8) is 0 Å². The van der Waals surface area contributed by atoms with Crippen molar-refractivity contribution in [2.45, 2.75) is 52.0 Å². The van der Waals surface area contributed by atoms with Gasteiger partial charge in [-0.1, -0.05) is 24.9 Å². The molecular weight excluding hydrogens is 288 g/mol. The Hall–Kier alpha value is -1.63. The number of hydrogen-bond acceptors (Lipinski definition) is 5. The highest BCUT2D eigenvalue weighted by Crippen LogP contribution is 2.39. The molecule has 4 N–H and O–H groups in total. The van der Waals surface area contributed by atoms with Gasteiger partial charge in [-0.2, -0.15) is 0 Å². The minimum absolute atomic E-state index is 0.0121. The summed E-state index contributed by atoms with van der Waals surface area (Å²) in [4.78, 5) is 18.2. The van der Waals surface area contributed by atoms with Crippen LogP contribution in [-0.4, -0.2) is 21.9 Å². The van der Waals surface area contributed by atoms with E-state index in [4.69, 9.17) is 10.9 Å². The number of thiazole rings is 1. The molecule has 1 aromatic rings. The van der Waals surface area contributed by atoms with Crippen molar-refractivity contribution in [3.05, 3.63) is 16.1 Å². The number of amides is 1. The molecule has 0 aromatic carbocycles. The SMILES string of the molecule is CCc1cnc(C(C)NC(=O)C2(C(N)=NO)CCCC2)s1. The van der Waals surface area contributed by atoms with Gasteiger partial charge in [-0.05, 0) is 26.2 Å². The van der Waals surface area contributed by atoms with E-state index in [1.807, 2.05) is 13.1 Å². The van der Waals surface area contributed by atoms with E-state index < -0.39 is 5.41 Å². The number of nitrogens with zero attached hydrogens (tertiary/aromatic N) is 2. The summed E-state index contributed by atoms with van der Waals surface area (Å²) in [6.07, 6.45) is 5.85. The van der Waals surface area contributed by atoms with Gasteiger partial charge in [-0.25, -0.2) is 4.98 Å². The first-order valence-electron chi connectivity index (χ1n) is 7.27. The predicted molar refractivity (Wildman–Crippen MR) is 82.4 cm³/mol. The highest BCUT2D eigenvalue weighted by molar-refractivity contribution is 7.11. The normalized spacial score (nSPS) is 19.4. The van der Waals surface area contributed by atoms with E-state index in [0.29, 0.717) is 12.8 Å². The van der Waals surface area contributed by atoms with Gasteiger partial charge >= 0.3 is 0 Å². The number of rotatable bonds is 5. The molecule has 1 aliphatic carbocycles. The van der Waals surface area contributed by atoms with Gasteiger partial charge in [-0.15, -0.1) is 11.3 Å². The maximum absolute atomic E-state index is 12.6. The standard InChI is InChI=1S/C14H22N4O2S/c1-3-10-8-16-11(21-10)9(2)17-13(19)14(12(15)18-20)6-4-5-7-14/h8-9,20H,3-7H2,1-2H3,(H2,15,18)(H,17,19). The van der Waals surface area contributed by atoms with E-state index in [-0.39, 0.29) is 17.8 Å². The Morgan fingerprint density at radius 1 is 1.62 bits per heavy atom. The van der Waals surface area contributed by atoms with Crippen LogP contribution in [0.3, 0.4) is 0 Å². The summed E-state index contributed by atoms with van der Waals surface area (Å²) in [6, 6.07) is -0.174. The molecule has 0 aliphatic heterocycles. The second-order valence-corrected chi connectivity index (χ2v) is 6.63. The van der Waals surface area contributed by atoms with Gasteiger partial charge in [0.1, 0.15) is 10.4 Å². The highest BCUT2D eigenvalue weighted by atomic mass is 32.1. The number of hydrogen-bond donors (Lipinski definition) is 3. The molecule has 1 unspecified atom stereocenters. The average molecular weight is 310 g/mol. The third kappa shape index (κ3) is 3.02. The third-order valence-corrected chi connectivity index (χ3v) is 5.45. The van der Waals surface area contributed by atoms with Gasteiger partial charge in [0, 0.05) is 11.1 Å². The lowest BCUT2D eigenvalue weighted by molar-refractivity contribution is -0.128. The van der Waals surface area contributed by atoms with Crippen LogP contribution >= 0.6 is 11.3 Å². The number of nitrogens with one attached hydrogen (secondary N) is 1. The van der Waals surface area contributed by atoms with Crippen molar-refractivity contribution in [1.29, 1.82) is 0 Å². The number of oxime groups is 1. The van der Waals surface area contributed by atoms with Crippen LogP contribution in [0.25, 0.3) is 0 Å². The summed E-state index contributed by atoms with van der Waals surface area (Å²) in [5, 5.41) is 15.9. The first-order chi connectivity index (χ1) is 10.0. The van der Waals surface area contributed by atoms with E-state index >= 15 is 0 Å². The monoisotopic (exact) mass is 310 g/mol. The molecule has 1 amide bonds. The summed E-state index contributed by atoms with van der Waals surface area (Å²) in [6.45, 7) is 3.98. The van der Waals surface area contributed by atoms with Crippen LogP contribution in [0.1, 0.15) is 55.5 Å². The van der Waals surface area contributed by atoms with Gasteiger partial charge in [0.15, 0.2) is 5.84 Å². The molecule has 0 saturated heterocycles. The van der Waals surface area contributed by atoms with Gasteiger partial charge in [-0.3, -0.25) is 4.79 Å². The van der Waals surface area contributed by atoms with Crippen molar-refractivity contribution in [1.82, 2.24) is 10.3 Å². The molecule has 6 nitrogen and oxygen atoms in total. The van der Waals surface area contributed by atoms with Gasteiger partial charge in [0.2, 0.25) is 5.91 Å². The molecule has 21 heavy (non-hydrogen) atoms. The van der Waals surface area contributed by atoms with Crippen LogP contribution in [0, 0.1) is 5.41 Å². The molecule has 2 rings (SSSR count). The lowest BCUT2D eigenvalue weighted by Gasteiger charge is -2.27. The zero-order valence-corrected chi connectivity index (χ0v) is 13.2. The zero-order chi connectivity index (χ0) is 15.5. The fourth-order valence-corrected chi connectivity index (χ4v) is 3.62. The fourth-order valence-electron chi connectivity index (χ4n) is 2.76. The van der Waals surface area contributed by atoms with Crippen molar-refractivity contribution in [2.24, 2.45) is 16.3 Å². The number of aromatic nitrogens is 1. The molecular formula is C14H22N4O2S. The Labute approximate surface area is 128 Å². The summed E-state index contributed by atoms with van der Waals surface area (Å²) in [5.41, 5.74) is 4.91. The van der Waals surface area contributed by atoms with Crippen LogP contribution in [0.4, 0.5) is 0 Å². The van der Waals surface area contributed by atoms with E-state index in [1.165, 1.54) is 4.88 Å². The van der Waals surface area contributed by atoms with Crippen LogP contribution < -0.4 is 11.1 Å². The Morgan fingerprint density at radius 2 is 2.29 bits per heavy atom. The van der Waals surface area contributed by atoms with E-state index in [9.17, 15) is 4.79 Å². The topological polar surface area (TPSA) is 101 Å². The van der Waals surface area contributed by atoms with Crippen molar-refractivity contribution < 1.29 is 10.0 Å². The molecule has 1 atom stereocenters. The molecule has 1 heterocycles. The summed E-state index contributed by atoms with van der Waals surface area (Å²) in [5.74, 6) is -0.158. The van der Waals surface area contributed by atoms with E-state index in [2.05, 4.69) is 22.4 Å². The van der Waals surface area contributed by atoms with Crippen LogP contribution in [0.2, 0.25) is 0 Å². The minimum Gasteiger partial charge on any atom is -0.409 e. The Bertz CT molecular complexity index is 535. The number of carbonyl (C=O) groups excluding carboxylic acids is 1. The third-order valence-electron chi connectivity index (χ3n) is 4.13. The maximum atomic E-state index is 12.6. The van der Waals surface area contributed by atoms with Gasteiger partial charge in [0.05, 0.1) is 6.04 Å². The summed E-state index contributed by atoms with van der Waals surface area (Å²) in [7, 11) is 0. The van der Waals surface area contributed by atoms with Gasteiger partial charge in [0.25, 0.3) is 0 Å². The number of amidine groups is 1.